The van der Waals surface area contributed by atoms with Crippen LogP contribution in [0.3, 0.4) is 0 Å². The van der Waals surface area contributed by atoms with Gasteiger partial charge in [0.25, 0.3) is 0 Å². The van der Waals surface area contributed by atoms with Gasteiger partial charge in [-0.2, -0.15) is 0 Å². The van der Waals surface area contributed by atoms with Gasteiger partial charge in [0.1, 0.15) is 0 Å². The van der Waals surface area contributed by atoms with Gasteiger partial charge in [0, 0.05) is 25.2 Å². The van der Waals surface area contributed by atoms with Crippen molar-refractivity contribution < 1.29 is 0 Å². The van der Waals surface area contributed by atoms with Gasteiger partial charge in [-0.3, -0.25) is 0 Å². The van der Waals surface area contributed by atoms with Crippen LogP contribution in [0, 0.1) is 0 Å². The second-order valence-electron chi connectivity index (χ2n) is 5.63. The summed E-state index contributed by atoms with van der Waals surface area (Å²) >= 11 is 0. The highest BCUT2D eigenvalue weighted by Gasteiger charge is 2.20. The molecular weight excluding hydrogens is 220 g/mol. The summed E-state index contributed by atoms with van der Waals surface area (Å²) in [6, 6.07) is 10.1. The van der Waals surface area contributed by atoms with Crippen molar-refractivity contribution in [1.29, 1.82) is 0 Å². The molecule has 1 heterocycles. The number of nitrogens with one attached hydrogen (secondary N) is 1. The number of likely N-dealkylation sites (N-methyl/N-ethyl adjacent to an activating group) is 1. The van der Waals surface area contributed by atoms with E-state index in [1.54, 1.807) is 0 Å². The van der Waals surface area contributed by atoms with E-state index in [2.05, 4.69) is 55.4 Å². The van der Waals surface area contributed by atoms with E-state index in [0.717, 1.165) is 13.1 Å². The molecule has 1 unspecified atom stereocenters. The largest absolute Gasteiger partial charge is 0.308 e. The Balaban J connectivity index is 1.89. The standard InChI is InChI=1S/C16H26N2/c1-4-7-13(2)18(3)12-16-10-14-8-5-6-9-15(14)11-17-16/h5-6,8-9,13,16-17H,4,7,10-12H2,1-3H3/t13?,16-/m0/s1. The summed E-state index contributed by atoms with van der Waals surface area (Å²) in [7, 11) is 2.25. The van der Waals surface area contributed by atoms with Gasteiger partial charge in [0.15, 0.2) is 0 Å². The van der Waals surface area contributed by atoms with Crippen molar-refractivity contribution in [3.05, 3.63) is 35.4 Å². The first-order valence-corrected chi connectivity index (χ1v) is 7.21. The normalized spacial score (nSPS) is 20.8. The molecule has 0 aromatic heterocycles. The number of hydrogen-bond acceptors (Lipinski definition) is 2. The number of nitrogens with zero attached hydrogens (tertiary/aromatic N) is 1. The summed E-state index contributed by atoms with van der Waals surface area (Å²) in [6.07, 6.45) is 3.73. The lowest BCUT2D eigenvalue weighted by Gasteiger charge is -2.32. The zero-order chi connectivity index (χ0) is 13.0. The number of rotatable bonds is 5. The summed E-state index contributed by atoms with van der Waals surface area (Å²) in [5.41, 5.74) is 3.00. The van der Waals surface area contributed by atoms with Gasteiger partial charge in [-0.1, -0.05) is 37.6 Å². The van der Waals surface area contributed by atoms with E-state index in [1.165, 1.54) is 30.4 Å². The van der Waals surface area contributed by atoms with E-state index < -0.39 is 0 Å². The lowest BCUT2D eigenvalue weighted by atomic mass is 9.95. The highest BCUT2D eigenvalue weighted by atomic mass is 15.1. The molecule has 1 N–H and O–H groups in total. The minimum absolute atomic E-state index is 0.601. The van der Waals surface area contributed by atoms with Crippen molar-refractivity contribution in [3.63, 3.8) is 0 Å². The summed E-state index contributed by atoms with van der Waals surface area (Å²) in [6.45, 7) is 6.77. The van der Waals surface area contributed by atoms with Crippen LogP contribution in [0.4, 0.5) is 0 Å². The van der Waals surface area contributed by atoms with Gasteiger partial charge in [0.2, 0.25) is 0 Å². The fraction of sp³-hybridized carbons (Fsp3) is 0.625. The van der Waals surface area contributed by atoms with Crippen molar-refractivity contribution >= 4 is 0 Å². The zero-order valence-electron chi connectivity index (χ0n) is 11.9. The van der Waals surface area contributed by atoms with E-state index in [-0.39, 0.29) is 0 Å². The van der Waals surface area contributed by atoms with Crippen molar-refractivity contribution in [3.8, 4) is 0 Å². The van der Waals surface area contributed by atoms with Crippen LogP contribution in [0.5, 0.6) is 0 Å². The van der Waals surface area contributed by atoms with Crippen LogP contribution in [0.25, 0.3) is 0 Å². The van der Waals surface area contributed by atoms with Gasteiger partial charge in [-0.05, 0) is 37.9 Å². The molecule has 0 fully saturated rings. The average molecular weight is 246 g/mol. The van der Waals surface area contributed by atoms with E-state index >= 15 is 0 Å². The predicted octanol–water partition coefficient (Wildman–Crippen LogP) is 2.82. The highest BCUT2D eigenvalue weighted by Crippen LogP contribution is 2.17. The Morgan fingerprint density at radius 1 is 1.33 bits per heavy atom. The molecule has 0 bridgehead atoms. The van der Waals surface area contributed by atoms with Gasteiger partial charge in [-0.15, -0.1) is 0 Å². The molecule has 0 amide bonds. The SMILES string of the molecule is CCCC(C)N(C)C[C@@H]1Cc2ccccc2CN1. The van der Waals surface area contributed by atoms with Crippen LogP contribution in [-0.4, -0.2) is 30.6 Å². The van der Waals surface area contributed by atoms with Crippen LogP contribution in [-0.2, 0) is 13.0 Å². The molecule has 1 aliphatic rings. The van der Waals surface area contributed by atoms with Gasteiger partial charge in [0.05, 0.1) is 0 Å². The first kappa shape index (κ1) is 13.6. The van der Waals surface area contributed by atoms with Crippen molar-refractivity contribution in [2.45, 2.75) is 51.7 Å². The monoisotopic (exact) mass is 246 g/mol. The van der Waals surface area contributed by atoms with Crippen LogP contribution in [0.2, 0.25) is 0 Å². The maximum Gasteiger partial charge on any atom is 0.0238 e. The van der Waals surface area contributed by atoms with Crippen molar-refractivity contribution in [2.75, 3.05) is 13.6 Å². The molecule has 0 saturated heterocycles. The Bertz CT molecular complexity index is 375. The fourth-order valence-electron chi connectivity index (χ4n) is 2.82. The second-order valence-corrected chi connectivity index (χ2v) is 5.63. The minimum atomic E-state index is 0.601. The third kappa shape index (κ3) is 3.33. The molecule has 0 aliphatic carbocycles. The molecule has 100 valence electrons. The summed E-state index contributed by atoms with van der Waals surface area (Å²) in [5, 5.41) is 3.66. The smallest absolute Gasteiger partial charge is 0.0238 e. The molecule has 0 radical (unpaired) electrons. The van der Waals surface area contributed by atoms with Gasteiger partial charge in [-0.25, -0.2) is 0 Å². The lowest BCUT2D eigenvalue weighted by Crippen LogP contribution is -2.45. The maximum absolute atomic E-state index is 3.66. The van der Waals surface area contributed by atoms with E-state index in [4.69, 9.17) is 0 Å². The molecule has 0 saturated carbocycles. The molecule has 2 rings (SSSR count). The lowest BCUT2D eigenvalue weighted by molar-refractivity contribution is 0.214. The van der Waals surface area contributed by atoms with Crippen LogP contribution in [0.1, 0.15) is 37.8 Å². The molecular formula is C16H26N2. The quantitative estimate of drug-likeness (QED) is 0.859. The van der Waals surface area contributed by atoms with Gasteiger partial charge < -0.3 is 10.2 Å². The number of hydrogen-bond donors (Lipinski definition) is 1. The predicted molar refractivity (Wildman–Crippen MR) is 77.8 cm³/mol. The first-order chi connectivity index (χ1) is 8.70. The Hall–Kier alpha value is -0.860. The van der Waals surface area contributed by atoms with Crippen LogP contribution >= 0.6 is 0 Å². The Morgan fingerprint density at radius 3 is 2.78 bits per heavy atom. The van der Waals surface area contributed by atoms with E-state index in [1.807, 2.05) is 0 Å². The molecule has 1 aliphatic heterocycles. The third-order valence-corrected chi connectivity index (χ3v) is 4.13. The first-order valence-electron chi connectivity index (χ1n) is 7.21. The Labute approximate surface area is 111 Å². The summed E-state index contributed by atoms with van der Waals surface area (Å²) in [4.78, 5) is 2.50. The Morgan fingerprint density at radius 2 is 2.06 bits per heavy atom. The van der Waals surface area contributed by atoms with Gasteiger partial charge >= 0.3 is 0 Å². The molecule has 2 atom stereocenters. The number of fused-ring (bicyclic) bond motifs is 1. The minimum Gasteiger partial charge on any atom is -0.308 e. The zero-order valence-corrected chi connectivity index (χ0v) is 11.9. The molecule has 18 heavy (non-hydrogen) atoms. The third-order valence-electron chi connectivity index (χ3n) is 4.13. The molecule has 1 aromatic carbocycles. The highest BCUT2D eigenvalue weighted by molar-refractivity contribution is 5.29. The fourth-order valence-corrected chi connectivity index (χ4v) is 2.82. The van der Waals surface area contributed by atoms with E-state index in [0.29, 0.717) is 12.1 Å². The second kappa shape index (κ2) is 6.35. The maximum atomic E-state index is 3.66. The summed E-state index contributed by atoms with van der Waals surface area (Å²) < 4.78 is 0. The van der Waals surface area contributed by atoms with Crippen LogP contribution in [0.15, 0.2) is 24.3 Å². The summed E-state index contributed by atoms with van der Waals surface area (Å²) in [5.74, 6) is 0. The topological polar surface area (TPSA) is 15.3 Å². The molecule has 2 nitrogen and oxygen atoms in total. The average Bonchev–Trinajstić information content (AvgIpc) is 2.39. The Kier molecular flexibility index (Phi) is 4.79. The van der Waals surface area contributed by atoms with Crippen molar-refractivity contribution in [1.82, 2.24) is 10.2 Å². The molecule has 1 aromatic rings. The number of benzene rings is 1. The molecule has 0 spiro atoms. The van der Waals surface area contributed by atoms with Crippen LogP contribution < -0.4 is 5.32 Å². The van der Waals surface area contributed by atoms with E-state index in [9.17, 15) is 0 Å². The molecule has 2 heteroatoms. The van der Waals surface area contributed by atoms with Crippen molar-refractivity contribution in [2.24, 2.45) is 0 Å².